The van der Waals surface area contributed by atoms with Crippen LogP contribution in [0.5, 0.6) is 5.75 Å². The molecule has 2 aliphatic heterocycles. The number of benzene rings is 2. The summed E-state index contributed by atoms with van der Waals surface area (Å²) in [4.78, 5) is 32.3. The lowest BCUT2D eigenvalue weighted by atomic mass is 9.92. The van der Waals surface area contributed by atoms with Crippen molar-refractivity contribution < 1.29 is 14.3 Å². The Morgan fingerprint density at radius 2 is 1.59 bits per heavy atom. The predicted molar refractivity (Wildman–Crippen MR) is 134 cm³/mol. The number of ether oxygens (including phenoxy) is 1. The fourth-order valence-electron chi connectivity index (χ4n) is 4.71. The summed E-state index contributed by atoms with van der Waals surface area (Å²) in [7, 11) is 0. The van der Waals surface area contributed by atoms with Gasteiger partial charge in [-0.05, 0) is 55.1 Å². The minimum atomic E-state index is -0.00725. The molecule has 7 heteroatoms. The molecule has 0 aliphatic carbocycles. The molecule has 0 unspecified atom stereocenters. The first-order chi connectivity index (χ1) is 16.5. The van der Waals surface area contributed by atoms with Gasteiger partial charge in [-0.15, -0.1) is 0 Å². The van der Waals surface area contributed by atoms with Crippen molar-refractivity contribution in [2.24, 2.45) is 5.92 Å². The molecule has 182 valence electrons. The summed E-state index contributed by atoms with van der Waals surface area (Å²) in [6.07, 6.45) is 2.31. The summed E-state index contributed by atoms with van der Waals surface area (Å²) >= 11 is 5.96. The number of likely N-dealkylation sites (tertiary alicyclic amines) is 1. The molecule has 0 spiro atoms. The summed E-state index contributed by atoms with van der Waals surface area (Å²) in [6, 6.07) is 14.9. The number of piperidine rings is 1. The fraction of sp³-hybridized carbons (Fsp3) is 0.481. The largest absolute Gasteiger partial charge is 0.488 e. The summed E-state index contributed by atoms with van der Waals surface area (Å²) in [5, 5.41) is 0.684. The highest BCUT2D eigenvalue weighted by atomic mass is 35.5. The van der Waals surface area contributed by atoms with Gasteiger partial charge in [-0.25, -0.2) is 0 Å². The van der Waals surface area contributed by atoms with E-state index >= 15 is 0 Å². The van der Waals surface area contributed by atoms with E-state index in [-0.39, 0.29) is 11.8 Å². The molecular formula is C27H34ClN3O3. The third-order valence-electron chi connectivity index (χ3n) is 6.96. The van der Waals surface area contributed by atoms with Crippen LogP contribution in [0.1, 0.15) is 42.1 Å². The Hall–Kier alpha value is -2.57. The van der Waals surface area contributed by atoms with Gasteiger partial charge in [-0.1, -0.05) is 42.8 Å². The Kier molecular flexibility index (Phi) is 8.46. The van der Waals surface area contributed by atoms with Crippen LogP contribution in [0.2, 0.25) is 5.02 Å². The van der Waals surface area contributed by atoms with Crippen molar-refractivity contribution in [2.75, 3.05) is 45.8 Å². The number of rotatable bonds is 7. The third-order valence-corrected chi connectivity index (χ3v) is 7.21. The average molecular weight is 484 g/mol. The minimum absolute atomic E-state index is 0.00725. The number of piperazine rings is 1. The maximum Gasteiger partial charge on any atom is 0.257 e. The summed E-state index contributed by atoms with van der Waals surface area (Å²) in [5.41, 5.74) is 1.58. The lowest BCUT2D eigenvalue weighted by Crippen LogP contribution is -2.49. The molecule has 6 nitrogen and oxygen atoms in total. The van der Waals surface area contributed by atoms with Crippen molar-refractivity contribution >= 4 is 23.4 Å². The van der Waals surface area contributed by atoms with Gasteiger partial charge in [-0.3, -0.25) is 9.59 Å². The van der Waals surface area contributed by atoms with Crippen molar-refractivity contribution in [2.45, 2.75) is 32.8 Å². The minimum Gasteiger partial charge on any atom is -0.488 e. The second-order valence-electron chi connectivity index (χ2n) is 9.17. The number of likely N-dealkylation sites (N-methyl/N-ethyl adjacent to an activating group) is 1. The molecule has 2 amide bonds. The summed E-state index contributed by atoms with van der Waals surface area (Å²) < 4.78 is 5.99. The van der Waals surface area contributed by atoms with Gasteiger partial charge in [0.25, 0.3) is 5.91 Å². The molecule has 2 saturated heterocycles. The van der Waals surface area contributed by atoms with E-state index in [0.29, 0.717) is 48.4 Å². The molecule has 0 radical (unpaired) electrons. The molecule has 2 fully saturated rings. The molecule has 4 rings (SSSR count). The van der Waals surface area contributed by atoms with E-state index < -0.39 is 0 Å². The number of carbonyl (C=O) groups is 2. The monoisotopic (exact) mass is 483 g/mol. The van der Waals surface area contributed by atoms with E-state index in [1.54, 1.807) is 0 Å². The van der Waals surface area contributed by atoms with Crippen molar-refractivity contribution in [1.29, 1.82) is 0 Å². The molecule has 0 aromatic heterocycles. The van der Waals surface area contributed by atoms with Gasteiger partial charge >= 0.3 is 0 Å². The first-order valence-corrected chi connectivity index (χ1v) is 12.7. The first kappa shape index (κ1) is 24.6. The van der Waals surface area contributed by atoms with Gasteiger partial charge in [0.2, 0.25) is 5.91 Å². The van der Waals surface area contributed by atoms with Crippen LogP contribution in [0.4, 0.5) is 0 Å². The predicted octanol–water partition coefficient (Wildman–Crippen LogP) is 4.33. The van der Waals surface area contributed by atoms with Crippen LogP contribution in [0, 0.1) is 5.92 Å². The van der Waals surface area contributed by atoms with Crippen LogP contribution in [0.3, 0.4) is 0 Å². The lowest BCUT2D eigenvalue weighted by molar-refractivity contribution is -0.134. The van der Waals surface area contributed by atoms with E-state index in [9.17, 15) is 9.59 Å². The van der Waals surface area contributed by atoms with Gasteiger partial charge in [0.05, 0.1) is 5.56 Å². The maximum atomic E-state index is 13.3. The quantitative estimate of drug-likeness (QED) is 0.588. The Labute approximate surface area is 207 Å². The Morgan fingerprint density at radius 3 is 2.26 bits per heavy atom. The zero-order valence-electron chi connectivity index (χ0n) is 19.9. The number of nitrogens with zero attached hydrogens (tertiary/aromatic N) is 3. The van der Waals surface area contributed by atoms with E-state index in [4.69, 9.17) is 16.3 Å². The Balaban J connectivity index is 1.28. The van der Waals surface area contributed by atoms with Gasteiger partial charge < -0.3 is 19.4 Å². The van der Waals surface area contributed by atoms with Crippen molar-refractivity contribution in [3.05, 3.63) is 64.7 Å². The van der Waals surface area contributed by atoms with Crippen LogP contribution in [-0.4, -0.2) is 72.3 Å². The zero-order chi connectivity index (χ0) is 23.9. The number of hydrogen-bond donors (Lipinski definition) is 0. The van der Waals surface area contributed by atoms with Gasteiger partial charge in [0, 0.05) is 50.7 Å². The SMILES string of the molecule is CCN1CCN(C(=O)CC2CCN(C(=O)c3ccccc3OCc3ccc(Cl)cc3)CC2)CC1. The smallest absolute Gasteiger partial charge is 0.257 e. The van der Waals surface area contributed by atoms with Crippen molar-refractivity contribution in [3.63, 3.8) is 0 Å². The van der Waals surface area contributed by atoms with Crippen molar-refractivity contribution in [1.82, 2.24) is 14.7 Å². The summed E-state index contributed by atoms with van der Waals surface area (Å²) in [5.74, 6) is 1.19. The van der Waals surface area contributed by atoms with Crippen LogP contribution in [0.15, 0.2) is 48.5 Å². The second-order valence-corrected chi connectivity index (χ2v) is 9.60. The summed E-state index contributed by atoms with van der Waals surface area (Å²) in [6.45, 7) is 8.52. The molecule has 0 atom stereocenters. The number of hydrogen-bond acceptors (Lipinski definition) is 4. The van der Waals surface area contributed by atoms with E-state index in [1.807, 2.05) is 58.3 Å². The molecule has 2 heterocycles. The average Bonchev–Trinajstić information content (AvgIpc) is 2.88. The standard InChI is InChI=1S/C27H34ClN3O3/c1-2-29-15-17-30(18-16-29)26(32)19-21-11-13-31(14-12-21)27(33)24-5-3-4-6-25(24)34-20-22-7-9-23(28)10-8-22/h3-10,21H,2,11-20H2,1H3. The van der Waals surface area contributed by atoms with Crippen LogP contribution < -0.4 is 4.74 Å². The highest BCUT2D eigenvalue weighted by molar-refractivity contribution is 6.30. The normalized spacial score (nSPS) is 17.6. The van der Waals surface area contributed by atoms with E-state index in [2.05, 4.69) is 11.8 Å². The van der Waals surface area contributed by atoms with Gasteiger partial charge in [-0.2, -0.15) is 0 Å². The van der Waals surface area contributed by atoms with Crippen LogP contribution >= 0.6 is 11.6 Å². The fourth-order valence-corrected chi connectivity index (χ4v) is 4.84. The Morgan fingerprint density at radius 1 is 0.912 bits per heavy atom. The first-order valence-electron chi connectivity index (χ1n) is 12.3. The number of halogens is 1. The van der Waals surface area contributed by atoms with E-state index in [0.717, 1.165) is 51.1 Å². The number of amides is 2. The van der Waals surface area contributed by atoms with Crippen LogP contribution in [0.25, 0.3) is 0 Å². The molecule has 2 aliphatic rings. The van der Waals surface area contributed by atoms with E-state index in [1.165, 1.54) is 0 Å². The van der Waals surface area contributed by atoms with Crippen LogP contribution in [-0.2, 0) is 11.4 Å². The highest BCUT2D eigenvalue weighted by Gasteiger charge is 2.28. The van der Waals surface area contributed by atoms with Crippen molar-refractivity contribution in [3.8, 4) is 5.75 Å². The molecule has 2 aromatic carbocycles. The van der Waals surface area contributed by atoms with Gasteiger partial charge in [0.1, 0.15) is 12.4 Å². The zero-order valence-corrected chi connectivity index (χ0v) is 20.7. The Bertz CT molecular complexity index is 965. The molecule has 0 saturated carbocycles. The number of para-hydroxylation sites is 1. The molecule has 2 aromatic rings. The lowest BCUT2D eigenvalue weighted by Gasteiger charge is -2.36. The molecule has 34 heavy (non-hydrogen) atoms. The molecule has 0 N–H and O–H groups in total. The maximum absolute atomic E-state index is 13.3. The number of carbonyl (C=O) groups excluding carboxylic acids is 2. The topological polar surface area (TPSA) is 53.1 Å². The molecule has 0 bridgehead atoms. The highest BCUT2D eigenvalue weighted by Crippen LogP contribution is 2.26. The molecular weight excluding hydrogens is 450 g/mol. The second kappa shape index (κ2) is 11.7. The third kappa shape index (κ3) is 6.30. The van der Waals surface area contributed by atoms with Gasteiger partial charge in [0.15, 0.2) is 0 Å².